The van der Waals surface area contributed by atoms with Crippen LogP contribution in [-0.2, 0) is 6.18 Å². The number of hydrogen-bond acceptors (Lipinski definition) is 6. The molecule has 0 spiro atoms. The molecule has 0 aliphatic carbocycles. The fourth-order valence-electron chi connectivity index (χ4n) is 4.57. The molecule has 4 aromatic rings. The van der Waals surface area contributed by atoms with Crippen molar-refractivity contribution < 1.29 is 13.2 Å². The van der Waals surface area contributed by atoms with Gasteiger partial charge in [0.05, 0.1) is 23.0 Å². The Hall–Kier alpha value is -3.85. The number of aromatic nitrogens is 4. The second-order valence-corrected chi connectivity index (χ2v) is 9.18. The standard InChI is InChI=1S/C28H27F3N6/c1-18(19-6-3-2-4-7-19)34-27-33-15-12-24(35-27)23-17-25(20-10-13-32-14-11-20)36-37-26(23)21-8-5-9-22(16-21)28(29,30)31/h2-9,12,15-18,20,32H,10-11,13-14H2,1H3,(H,33,34,35)/t18-/m1/s1. The Morgan fingerprint density at radius 2 is 1.73 bits per heavy atom. The molecule has 2 N–H and O–H groups in total. The number of nitrogens with zero attached hydrogens (tertiary/aromatic N) is 4. The molecule has 3 heterocycles. The third kappa shape index (κ3) is 5.77. The number of benzene rings is 2. The van der Waals surface area contributed by atoms with E-state index in [9.17, 15) is 13.2 Å². The molecule has 1 aliphatic heterocycles. The minimum atomic E-state index is -4.46. The van der Waals surface area contributed by atoms with Crippen LogP contribution in [0.2, 0.25) is 0 Å². The highest BCUT2D eigenvalue weighted by atomic mass is 19.4. The van der Waals surface area contributed by atoms with Crippen molar-refractivity contribution in [2.45, 2.75) is 37.9 Å². The zero-order valence-electron chi connectivity index (χ0n) is 20.3. The lowest BCUT2D eigenvalue weighted by Crippen LogP contribution is -2.27. The number of alkyl halides is 3. The molecule has 5 rings (SSSR count). The van der Waals surface area contributed by atoms with Gasteiger partial charge in [-0.05, 0) is 62.7 Å². The van der Waals surface area contributed by atoms with Crippen LogP contribution in [0.5, 0.6) is 0 Å². The molecule has 0 bridgehead atoms. The van der Waals surface area contributed by atoms with Crippen molar-refractivity contribution in [3.63, 3.8) is 0 Å². The summed E-state index contributed by atoms with van der Waals surface area (Å²) in [6.45, 7) is 3.79. The van der Waals surface area contributed by atoms with Crippen LogP contribution in [0.4, 0.5) is 19.1 Å². The van der Waals surface area contributed by atoms with Gasteiger partial charge in [0.15, 0.2) is 0 Å². The van der Waals surface area contributed by atoms with Gasteiger partial charge in [-0.25, -0.2) is 9.97 Å². The molecular formula is C28H27F3N6. The Balaban J connectivity index is 1.56. The molecule has 9 heteroatoms. The van der Waals surface area contributed by atoms with Gasteiger partial charge in [-0.3, -0.25) is 0 Å². The second-order valence-electron chi connectivity index (χ2n) is 9.18. The first-order chi connectivity index (χ1) is 17.9. The number of hydrogen-bond donors (Lipinski definition) is 2. The molecule has 1 atom stereocenters. The van der Waals surface area contributed by atoms with E-state index >= 15 is 0 Å². The van der Waals surface area contributed by atoms with E-state index in [1.807, 2.05) is 43.3 Å². The molecule has 0 amide bonds. The van der Waals surface area contributed by atoms with E-state index in [0.29, 0.717) is 28.5 Å². The first kappa shape index (κ1) is 24.8. The Morgan fingerprint density at radius 1 is 0.946 bits per heavy atom. The maximum absolute atomic E-state index is 13.5. The van der Waals surface area contributed by atoms with Gasteiger partial charge < -0.3 is 10.6 Å². The third-order valence-electron chi connectivity index (χ3n) is 6.61. The fourth-order valence-corrected chi connectivity index (χ4v) is 4.57. The molecule has 0 radical (unpaired) electrons. The molecule has 37 heavy (non-hydrogen) atoms. The summed E-state index contributed by atoms with van der Waals surface area (Å²) < 4.78 is 40.4. The van der Waals surface area contributed by atoms with Crippen molar-refractivity contribution in [3.05, 3.63) is 89.7 Å². The van der Waals surface area contributed by atoms with Crippen LogP contribution in [0.15, 0.2) is 72.9 Å². The smallest absolute Gasteiger partial charge is 0.348 e. The highest BCUT2D eigenvalue weighted by Crippen LogP contribution is 2.36. The van der Waals surface area contributed by atoms with Gasteiger partial charge in [-0.2, -0.15) is 18.3 Å². The van der Waals surface area contributed by atoms with Crippen LogP contribution in [0.3, 0.4) is 0 Å². The van der Waals surface area contributed by atoms with Gasteiger partial charge in [0, 0.05) is 23.2 Å². The highest BCUT2D eigenvalue weighted by molar-refractivity contribution is 5.79. The van der Waals surface area contributed by atoms with Gasteiger partial charge in [-0.15, -0.1) is 5.10 Å². The van der Waals surface area contributed by atoms with Gasteiger partial charge in [-0.1, -0.05) is 42.5 Å². The van der Waals surface area contributed by atoms with E-state index in [2.05, 4.69) is 25.8 Å². The average Bonchev–Trinajstić information content (AvgIpc) is 2.93. The van der Waals surface area contributed by atoms with Crippen LogP contribution < -0.4 is 10.6 Å². The fraction of sp³-hybridized carbons (Fsp3) is 0.286. The molecule has 1 saturated heterocycles. The Labute approximate surface area is 213 Å². The molecule has 190 valence electrons. The summed E-state index contributed by atoms with van der Waals surface area (Å²) >= 11 is 0. The van der Waals surface area contributed by atoms with Gasteiger partial charge in [0.2, 0.25) is 5.95 Å². The van der Waals surface area contributed by atoms with Crippen molar-refractivity contribution in [1.82, 2.24) is 25.5 Å². The summed E-state index contributed by atoms with van der Waals surface area (Å²) in [4.78, 5) is 9.10. The lowest BCUT2D eigenvalue weighted by molar-refractivity contribution is -0.137. The van der Waals surface area contributed by atoms with Crippen molar-refractivity contribution in [3.8, 4) is 22.5 Å². The summed E-state index contributed by atoms with van der Waals surface area (Å²) in [5.74, 6) is 0.643. The van der Waals surface area contributed by atoms with Crippen LogP contribution in [0.1, 0.15) is 48.5 Å². The zero-order chi connectivity index (χ0) is 25.8. The number of piperidine rings is 1. The van der Waals surface area contributed by atoms with E-state index in [4.69, 9.17) is 4.98 Å². The van der Waals surface area contributed by atoms with Gasteiger partial charge >= 0.3 is 6.18 Å². The topological polar surface area (TPSA) is 75.6 Å². The second kappa shape index (κ2) is 10.6. The molecular weight excluding hydrogens is 477 g/mol. The predicted octanol–water partition coefficient (Wildman–Crippen LogP) is 6.26. The summed E-state index contributed by atoms with van der Waals surface area (Å²) in [6.07, 6.45) is -0.981. The molecule has 1 fully saturated rings. The quantitative estimate of drug-likeness (QED) is 0.323. The summed E-state index contributed by atoms with van der Waals surface area (Å²) in [7, 11) is 0. The van der Waals surface area contributed by atoms with Crippen LogP contribution in [0, 0.1) is 0 Å². The van der Waals surface area contributed by atoms with E-state index in [1.165, 1.54) is 6.07 Å². The first-order valence-corrected chi connectivity index (χ1v) is 12.3. The van der Waals surface area contributed by atoms with E-state index in [1.54, 1.807) is 18.3 Å². The van der Waals surface area contributed by atoms with Crippen molar-refractivity contribution >= 4 is 5.95 Å². The van der Waals surface area contributed by atoms with Crippen molar-refractivity contribution in [2.24, 2.45) is 0 Å². The molecule has 2 aromatic heterocycles. The maximum atomic E-state index is 13.5. The third-order valence-corrected chi connectivity index (χ3v) is 6.61. The average molecular weight is 505 g/mol. The van der Waals surface area contributed by atoms with E-state index < -0.39 is 11.7 Å². The number of halogens is 3. The maximum Gasteiger partial charge on any atom is 0.416 e. The normalized spacial score (nSPS) is 15.4. The van der Waals surface area contributed by atoms with E-state index in [-0.39, 0.29) is 12.0 Å². The Bertz CT molecular complexity index is 1350. The predicted molar refractivity (Wildman–Crippen MR) is 137 cm³/mol. The Morgan fingerprint density at radius 3 is 2.49 bits per heavy atom. The largest absolute Gasteiger partial charge is 0.416 e. The van der Waals surface area contributed by atoms with Gasteiger partial charge in [0.25, 0.3) is 0 Å². The minimum absolute atomic E-state index is 0.0414. The van der Waals surface area contributed by atoms with Crippen LogP contribution >= 0.6 is 0 Å². The number of anilines is 1. The zero-order valence-corrected chi connectivity index (χ0v) is 20.3. The summed E-state index contributed by atoms with van der Waals surface area (Å²) in [5.41, 5.74) is 3.04. The molecule has 2 aromatic carbocycles. The lowest BCUT2D eigenvalue weighted by Gasteiger charge is -2.22. The Kier molecular flexibility index (Phi) is 7.14. The number of rotatable bonds is 6. The minimum Gasteiger partial charge on any atom is -0.348 e. The first-order valence-electron chi connectivity index (χ1n) is 12.3. The van der Waals surface area contributed by atoms with Crippen molar-refractivity contribution in [1.29, 1.82) is 0 Å². The van der Waals surface area contributed by atoms with Crippen molar-refractivity contribution in [2.75, 3.05) is 18.4 Å². The summed E-state index contributed by atoms with van der Waals surface area (Å²) in [6, 6.07) is 18.7. The summed E-state index contributed by atoms with van der Waals surface area (Å²) in [5, 5.41) is 15.6. The lowest BCUT2D eigenvalue weighted by atomic mass is 9.92. The SMILES string of the molecule is C[C@@H](Nc1nccc(-c2cc(C3CCNCC3)nnc2-c2cccc(C(F)(F)F)c2)n1)c1ccccc1. The molecule has 6 nitrogen and oxygen atoms in total. The monoisotopic (exact) mass is 504 g/mol. The van der Waals surface area contributed by atoms with Crippen LogP contribution in [-0.4, -0.2) is 33.3 Å². The van der Waals surface area contributed by atoms with Crippen LogP contribution in [0.25, 0.3) is 22.5 Å². The highest BCUT2D eigenvalue weighted by Gasteiger charge is 2.31. The molecule has 0 saturated carbocycles. The molecule has 1 aliphatic rings. The van der Waals surface area contributed by atoms with E-state index in [0.717, 1.165) is 49.3 Å². The molecule has 0 unspecified atom stereocenters. The van der Waals surface area contributed by atoms with Gasteiger partial charge in [0.1, 0.15) is 5.69 Å². The number of nitrogens with one attached hydrogen (secondary N) is 2.